The Morgan fingerprint density at radius 3 is 2.52 bits per heavy atom. The molecule has 222 valence electrons. The first kappa shape index (κ1) is 30.6. The SMILES string of the molecule is CC(=O)c1ccc(NC[C@H]2C[C@H](n3cc(-c4cccc(C)n4)c(C(F)(F)F)n3)C2)cc1C(=O)CC(CCC=O)C(N)=O. The van der Waals surface area contributed by atoms with Crippen molar-refractivity contribution in [3.05, 3.63) is 65.1 Å². The average molecular weight is 584 g/mol. The van der Waals surface area contributed by atoms with E-state index in [2.05, 4.69) is 15.4 Å². The molecule has 0 spiro atoms. The van der Waals surface area contributed by atoms with Crippen LogP contribution < -0.4 is 11.1 Å². The summed E-state index contributed by atoms with van der Waals surface area (Å²) in [6.45, 7) is 3.54. The van der Waals surface area contributed by atoms with E-state index in [9.17, 15) is 32.3 Å². The summed E-state index contributed by atoms with van der Waals surface area (Å²) in [5.74, 6) is -2.12. The third-order valence-corrected chi connectivity index (χ3v) is 7.51. The van der Waals surface area contributed by atoms with Crippen molar-refractivity contribution >= 4 is 29.4 Å². The minimum atomic E-state index is -4.62. The number of nitrogens with two attached hydrogens (primary N) is 1. The minimum absolute atomic E-state index is 0.0553. The van der Waals surface area contributed by atoms with Gasteiger partial charge in [-0.3, -0.25) is 24.0 Å². The number of hydrogen-bond donors (Lipinski definition) is 2. The summed E-state index contributed by atoms with van der Waals surface area (Å²) in [5.41, 5.74) is 6.17. The highest BCUT2D eigenvalue weighted by atomic mass is 19.4. The normalized spacial score (nSPS) is 17.3. The van der Waals surface area contributed by atoms with Gasteiger partial charge >= 0.3 is 6.18 Å². The molecule has 4 rings (SSSR count). The Balaban J connectivity index is 1.42. The molecular weight excluding hydrogens is 551 g/mol. The van der Waals surface area contributed by atoms with Crippen LogP contribution in [0.25, 0.3) is 11.3 Å². The lowest BCUT2D eigenvalue weighted by Gasteiger charge is -2.35. The molecule has 0 saturated heterocycles. The van der Waals surface area contributed by atoms with Gasteiger partial charge in [0.15, 0.2) is 17.3 Å². The van der Waals surface area contributed by atoms with Gasteiger partial charge in [-0.2, -0.15) is 18.3 Å². The standard InChI is InChI=1S/C30H32F3N5O4/c1-17-5-3-7-26(36-17)25-16-38(37-28(25)30(31,32)33)22-11-19(12-22)15-35-21-8-9-23(18(2)40)24(14-21)27(41)13-20(29(34)42)6-4-10-39/h3,5,7-10,14,16,19-20,22,35H,4,6,11-13,15H2,1-2H3,(H2,34,42)/t19-,20?,22-. The summed E-state index contributed by atoms with van der Waals surface area (Å²) in [5, 5.41) is 7.13. The van der Waals surface area contributed by atoms with Crippen molar-refractivity contribution in [1.29, 1.82) is 0 Å². The van der Waals surface area contributed by atoms with Crippen LogP contribution in [0.1, 0.15) is 77.2 Å². The van der Waals surface area contributed by atoms with Crippen molar-refractivity contribution in [2.24, 2.45) is 17.6 Å². The van der Waals surface area contributed by atoms with Crippen LogP contribution in [-0.4, -0.2) is 45.1 Å². The molecule has 1 atom stereocenters. The number of alkyl halides is 3. The Labute approximate surface area is 240 Å². The van der Waals surface area contributed by atoms with Crippen LogP contribution in [0.4, 0.5) is 18.9 Å². The van der Waals surface area contributed by atoms with E-state index in [0.29, 0.717) is 37.1 Å². The third-order valence-electron chi connectivity index (χ3n) is 7.51. The number of benzene rings is 1. The number of amides is 1. The van der Waals surface area contributed by atoms with Gasteiger partial charge < -0.3 is 15.8 Å². The number of aryl methyl sites for hydroxylation is 1. The molecule has 1 aliphatic rings. The monoisotopic (exact) mass is 583 g/mol. The van der Waals surface area contributed by atoms with E-state index in [-0.39, 0.29) is 59.4 Å². The van der Waals surface area contributed by atoms with Crippen molar-refractivity contribution in [2.45, 2.75) is 58.2 Å². The average Bonchev–Trinajstić information content (AvgIpc) is 3.35. The first-order valence-corrected chi connectivity index (χ1v) is 13.6. The molecule has 0 bridgehead atoms. The molecule has 42 heavy (non-hydrogen) atoms. The molecule has 1 amide bonds. The van der Waals surface area contributed by atoms with E-state index in [0.717, 1.165) is 0 Å². The van der Waals surface area contributed by atoms with Crippen LogP contribution in [0.2, 0.25) is 0 Å². The molecule has 9 nitrogen and oxygen atoms in total. The van der Waals surface area contributed by atoms with Gasteiger partial charge in [0.1, 0.15) is 6.29 Å². The maximum Gasteiger partial charge on any atom is 0.435 e. The first-order valence-electron chi connectivity index (χ1n) is 13.6. The van der Waals surface area contributed by atoms with Gasteiger partial charge in [-0.25, -0.2) is 0 Å². The molecule has 2 heterocycles. The molecule has 0 radical (unpaired) electrons. The maximum atomic E-state index is 13.8. The second-order valence-electron chi connectivity index (χ2n) is 10.7. The Kier molecular flexibility index (Phi) is 9.23. The molecule has 2 aromatic heterocycles. The quantitative estimate of drug-likeness (QED) is 0.209. The fraction of sp³-hybridized carbons (Fsp3) is 0.400. The number of pyridine rings is 1. The number of aldehydes is 1. The van der Waals surface area contributed by atoms with Gasteiger partial charge in [0.05, 0.1) is 17.3 Å². The Bertz CT molecular complexity index is 1490. The fourth-order valence-corrected chi connectivity index (χ4v) is 5.15. The minimum Gasteiger partial charge on any atom is -0.385 e. The number of rotatable bonds is 13. The summed E-state index contributed by atoms with van der Waals surface area (Å²) in [7, 11) is 0. The highest BCUT2D eigenvalue weighted by Crippen LogP contribution is 2.41. The lowest BCUT2D eigenvalue weighted by molar-refractivity contribution is -0.141. The lowest BCUT2D eigenvalue weighted by Crippen LogP contribution is -2.32. The molecule has 1 fully saturated rings. The number of Topliss-reactive ketones (excluding diaryl/α,β-unsaturated/α-hetero) is 2. The number of halogens is 3. The Hall–Kier alpha value is -4.35. The third kappa shape index (κ3) is 7.10. The maximum absolute atomic E-state index is 13.8. The smallest absolute Gasteiger partial charge is 0.385 e. The van der Waals surface area contributed by atoms with Crippen LogP contribution >= 0.6 is 0 Å². The van der Waals surface area contributed by atoms with Gasteiger partial charge in [-0.15, -0.1) is 0 Å². The molecule has 3 aromatic rings. The van der Waals surface area contributed by atoms with E-state index in [1.165, 1.54) is 29.9 Å². The van der Waals surface area contributed by atoms with E-state index in [1.807, 2.05) is 0 Å². The van der Waals surface area contributed by atoms with E-state index < -0.39 is 29.5 Å². The van der Waals surface area contributed by atoms with E-state index in [1.54, 1.807) is 31.2 Å². The van der Waals surface area contributed by atoms with Gasteiger partial charge in [-0.05, 0) is 69.4 Å². The highest BCUT2D eigenvalue weighted by Gasteiger charge is 2.40. The molecule has 3 N–H and O–H groups in total. The number of anilines is 1. The van der Waals surface area contributed by atoms with Crippen molar-refractivity contribution in [3.63, 3.8) is 0 Å². The first-order chi connectivity index (χ1) is 19.9. The van der Waals surface area contributed by atoms with E-state index in [4.69, 9.17) is 5.73 Å². The summed E-state index contributed by atoms with van der Waals surface area (Å²) in [6.07, 6.45) is -1.35. The number of nitrogens with one attached hydrogen (secondary N) is 1. The Morgan fingerprint density at radius 2 is 1.90 bits per heavy atom. The van der Waals surface area contributed by atoms with Crippen molar-refractivity contribution < 1.29 is 32.3 Å². The highest BCUT2D eigenvalue weighted by molar-refractivity contribution is 6.09. The van der Waals surface area contributed by atoms with Crippen LogP contribution in [0.3, 0.4) is 0 Å². The largest absolute Gasteiger partial charge is 0.435 e. The second kappa shape index (κ2) is 12.7. The zero-order chi connectivity index (χ0) is 30.6. The van der Waals surface area contributed by atoms with Crippen LogP contribution in [0.15, 0.2) is 42.6 Å². The molecule has 1 aromatic carbocycles. The number of aromatic nitrogens is 3. The molecule has 1 unspecified atom stereocenters. The number of primary amides is 1. The number of carbonyl (C=O) groups is 4. The zero-order valence-electron chi connectivity index (χ0n) is 23.3. The summed E-state index contributed by atoms with van der Waals surface area (Å²) >= 11 is 0. The predicted molar refractivity (Wildman–Crippen MR) is 149 cm³/mol. The number of ketones is 2. The summed E-state index contributed by atoms with van der Waals surface area (Å²) in [6, 6.07) is 9.47. The second-order valence-corrected chi connectivity index (χ2v) is 10.7. The van der Waals surface area contributed by atoms with Gasteiger partial charge in [0, 0.05) is 54.0 Å². The molecular formula is C30H32F3N5O4. The molecule has 1 aliphatic carbocycles. The number of nitrogens with zero attached hydrogens (tertiary/aromatic N) is 3. The Morgan fingerprint density at radius 1 is 1.17 bits per heavy atom. The fourth-order valence-electron chi connectivity index (χ4n) is 5.15. The molecule has 1 saturated carbocycles. The van der Waals surface area contributed by atoms with Gasteiger partial charge in [0.2, 0.25) is 5.91 Å². The lowest BCUT2D eigenvalue weighted by atomic mass is 9.80. The van der Waals surface area contributed by atoms with Gasteiger partial charge in [-0.1, -0.05) is 6.07 Å². The number of carbonyl (C=O) groups excluding carboxylic acids is 4. The summed E-state index contributed by atoms with van der Waals surface area (Å²) < 4.78 is 42.6. The predicted octanol–water partition coefficient (Wildman–Crippen LogP) is 5.19. The van der Waals surface area contributed by atoms with Crippen LogP contribution in [0.5, 0.6) is 0 Å². The topological polar surface area (TPSA) is 137 Å². The molecule has 0 aliphatic heterocycles. The molecule has 12 heteroatoms. The summed E-state index contributed by atoms with van der Waals surface area (Å²) in [4.78, 5) is 51.9. The van der Waals surface area contributed by atoms with Crippen LogP contribution in [-0.2, 0) is 15.8 Å². The zero-order valence-corrected chi connectivity index (χ0v) is 23.3. The van der Waals surface area contributed by atoms with E-state index >= 15 is 0 Å². The van der Waals surface area contributed by atoms with Crippen molar-refractivity contribution in [1.82, 2.24) is 14.8 Å². The number of hydrogen-bond acceptors (Lipinski definition) is 7. The van der Waals surface area contributed by atoms with Gasteiger partial charge in [0.25, 0.3) is 0 Å². The van der Waals surface area contributed by atoms with Crippen molar-refractivity contribution in [3.8, 4) is 11.3 Å². The van der Waals surface area contributed by atoms with Crippen molar-refractivity contribution in [2.75, 3.05) is 11.9 Å². The van der Waals surface area contributed by atoms with Crippen LogP contribution in [0, 0.1) is 18.8 Å².